The van der Waals surface area contributed by atoms with Gasteiger partial charge in [-0.15, -0.1) is 10.2 Å². The van der Waals surface area contributed by atoms with Gasteiger partial charge in [0.1, 0.15) is 11.5 Å². The van der Waals surface area contributed by atoms with Crippen LogP contribution in [0.3, 0.4) is 0 Å². The monoisotopic (exact) mass is 414 g/mol. The molecule has 1 aliphatic heterocycles. The van der Waals surface area contributed by atoms with Crippen molar-refractivity contribution in [1.29, 1.82) is 0 Å². The summed E-state index contributed by atoms with van der Waals surface area (Å²) in [7, 11) is -3.92. The molecule has 0 atom stereocenters. The molecule has 4 rings (SSSR count). The van der Waals surface area contributed by atoms with Crippen molar-refractivity contribution >= 4 is 10.0 Å². The summed E-state index contributed by atoms with van der Waals surface area (Å²) in [6.07, 6.45) is 0.00497. The number of nitrogens with one attached hydrogen (secondary N) is 1. The van der Waals surface area contributed by atoms with Crippen molar-refractivity contribution in [3.8, 4) is 0 Å². The molecule has 0 radical (unpaired) electrons. The predicted octanol–water partition coefficient (Wildman–Crippen LogP) is 3.60. The van der Waals surface area contributed by atoms with Crippen LogP contribution in [0.5, 0.6) is 0 Å². The van der Waals surface area contributed by atoms with Crippen LogP contribution in [0.4, 0.5) is 13.2 Å². The highest BCUT2D eigenvalue weighted by Crippen LogP contribution is 2.52. The lowest BCUT2D eigenvalue weighted by Crippen LogP contribution is -2.30. The van der Waals surface area contributed by atoms with Gasteiger partial charge in [-0.05, 0) is 31.4 Å². The summed E-state index contributed by atoms with van der Waals surface area (Å²) in [5.41, 5.74) is -1.30. The van der Waals surface area contributed by atoms with E-state index in [4.69, 9.17) is 4.52 Å². The molecule has 0 amide bonds. The van der Waals surface area contributed by atoms with E-state index in [9.17, 15) is 21.6 Å². The van der Waals surface area contributed by atoms with Crippen LogP contribution in [0.1, 0.15) is 41.8 Å². The number of alkyl halides is 3. The summed E-state index contributed by atoms with van der Waals surface area (Å²) in [4.78, 5) is -0.149. The van der Waals surface area contributed by atoms with E-state index in [0.29, 0.717) is 5.69 Å². The molecule has 0 saturated heterocycles. The fourth-order valence-electron chi connectivity index (χ4n) is 3.32. The Kier molecular flexibility index (Phi) is 4.53. The van der Waals surface area contributed by atoms with Crippen LogP contribution >= 0.6 is 0 Å². The molecule has 0 unspecified atom stereocenters. The van der Waals surface area contributed by atoms with E-state index in [-0.39, 0.29) is 17.0 Å². The molecule has 1 aromatic heterocycles. The average Bonchev–Trinajstić information content (AvgIpc) is 3.42. The second-order valence-corrected chi connectivity index (χ2v) is 8.58. The zero-order valence-corrected chi connectivity index (χ0v) is 15.5. The van der Waals surface area contributed by atoms with E-state index in [1.54, 1.807) is 0 Å². The molecule has 0 spiro atoms. The zero-order chi connectivity index (χ0) is 20.0. The number of hydrogen-bond acceptors (Lipinski definition) is 6. The second-order valence-electron chi connectivity index (χ2n) is 6.81. The minimum absolute atomic E-state index is 0.0416. The van der Waals surface area contributed by atoms with Crippen LogP contribution in [-0.2, 0) is 35.1 Å². The van der Waals surface area contributed by atoms with Gasteiger partial charge in [-0.3, -0.25) is 0 Å². The van der Waals surface area contributed by atoms with Crippen molar-refractivity contribution in [3.05, 3.63) is 46.8 Å². The highest BCUT2D eigenvalue weighted by atomic mass is 32.2. The van der Waals surface area contributed by atoms with Crippen molar-refractivity contribution in [2.24, 2.45) is 10.2 Å². The maximum Gasteiger partial charge on any atom is 0.442 e. The van der Waals surface area contributed by atoms with Crippen molar-refractivity contribution < 1.29 is 26.1 Å². The molecule has 2 heterocycles. The van der Waals surface area contributed by atoms with Gasteiger partial charge < -0.3 is 4.52 Å². The SMILES string of the molecule is O=S(=O)(NCc1noc2c1CCCCC2)c1ccc(C2(C(F)(F)F)N=N2)cc1. The molecule has 0 bridgehead atoms. The smallest absolute Gasteiger partial charge is 0.361 e. The third-order valence-corrected chi connectivity index (χ3v) is 6.39. The Morgan fingerprint density at radius 2 is 1.75 bits per heavy atom. The summed E-state index contributed by atoms with van der Waals surface area (Å²) in [6.45, 7) is -0.0416. The van der Waals surface area contributed by atoms with Gasteiger partial charge >= 0.3 is 11.8 Å². The molecular weight excluding hydrogens is 397 g/mol. The Labute approximate surface area is 159 Å². The molecule has 1 N–H and O–H groups in total. The number of nitrogens with zero attached hydrogens (tertiary/aromatic N) is 3. The van der Waals surface area contributed by atoms with Crippen LogP contribution < -0.4 is 4.72 Å². The molecule has 28 heavy (non-hydrogen) atoms. The first-order valence-electron chi connectivity index (χ1n) is 8.80. The molecule has 11 heteroatoms. The summed E-state index contributed by atoms with van der Waals surface area (Å²) in [5, 5.41) is 10.2. The van der Waals surface area contributed by atoms with Gasteiger partial charge in [0.25, 0.3) is 0 Å². The average molecular weight is 414 g/mol. The van der Waals surface area contributed by atoms with E-state index < -0.39 is 21.9 Å². The number of halogens is 3. The molecule has 7 nitrogen and oxygen atoms in total. The van der Waals surface area contributed by atoms with Gasteiger partial charge in [-0.2, -0.15) is 13.2 Å². The number of rotatable bonds is 5. The van der Waals surface area contributed by atoms with Crippen LogP contribution in [0.2, 0.25) is 0 Å². The lowest BCUT2D eigenvalue weighted by Gasteiger charge is -2.15. The fourth-order valence-corrected chi connectivity index (χ4v) is 4.31. The first kappa shape index (κ1) is 19.1. The topological polar surface area (TPSA) is 96.9 Å². The molecule has 0 fully saturated rings. The van der Waals surface area contributed by atoms with Gasteiger partial charge in [0.15, 0.2) is 0 Å². The van der Waals surface area contributed by atoms with Crippen molar-refractivity contribution in [3.63, 3.8) is 0 Å². The van der Waals surface area contributed by atoms with E-state index in [0.717, 1.165) is 67.7 Å². The van der Waals surface area contributed by atoms with Crippen molar-refractivity contribution in [1.82, 2.24) is 9.88 Å². The largest absolute Gasteiger partial charge is 0.442 e. The zero-order valence-electron chi connectivity index (χ0n) is 14.7. The third kappa shape index (κ3) is 3.32. The number of aromatic nitrogens is 1. The highest BCUT2D eigenvalue weighted by Gasteiger charge is 2.65. The quantitative estimate of drug-likeness (QED) is 0.756. The lowest BCUT2D eigenvalue weighted by atomic mass is 10.0. The lowest BCUT2D eigenvalue weighted by molar-refractivity contribution is -0.166. The van der Waals surface area contributed by atoms with E-state index in [2.05, 4.69) is 20.1 Å². The number of benzene rings is 1. The predicted molar refractivity (Wildman–Crippen MR) is 90.8 cm³/mol. The highest BCUT2D eigenvalue weighted by molar-refractivity contribution is 7.89. The number of sulfonamides is 1. The van der Waals surface area contributed by atoms with Crippen molar-refractivity contribution in [2.45, 2.75) is 55.4 Å². The Morgan fingerprint density at radius 1 is 1.07 bits per heavy atom. The molecule has 2 aromatic rings. The fraction of sp³-hybridized carbons (Fsp3) is 0.471. The Morgan fingerprint density at radius 3 is 2.39 bits per heavy atom. The normalized spacial score (nSPS) is 18.5. The van der Waals surface area contributed by atoms with E-state index in [1.807, 2.05) is 0 Å². The standard InChI is InChI=1S/C17H17F3N4O3S/c18-17(19,20)16(23-24-16)11-6-8-12(9-7-11)28(25,26)21-10-14-13-4-2-1-3-5-15(13)27-22-14/h6-9,21H,1-5,10H2. The maximum atomic E-state index is 13.0. The first-order valence-corrected chi connectivity index (χ1v) is 10.3. The summed E-state index contributed by atoms with van der Waals surface area (Å²) in [6, 6.07) is 4.37. The second kappa shape index (κ2) is 6.66. The summed E-state index contributed by atoms with van der Waals surface area (Å²) in [5.74, 6) is 0.797. The molecule has 0 saturated carbocycles. The number of hydrogen-bond donors (Lipinski definition) is 1. The Balaban J connectivity index is 1.48. The molecule has 1 aromatic carbocycles. The van der Waals surface area contributed by atoms with Crippen LogP contribution in [0.15, 0.2) is 43.9 Å². The summed E-state index contributed by atoms with van der Waals surface area (Å²) >= 11 is 0. The van der Waals surface area contributed by atoms with Gasteiger partial charge in [-0.25, -0.2) is 13.1 Å². The first-order chi connectivity index (χ1) is 13.2. The van der Waals surface area contributed by atoms with Gasteiger partial charge in [0.2, 0.25) is 10.0 Å². The Bertz CT molecular complexity index is 1010. The molecule has 2 aliphatic rings. The number of aryl methyl sites for hydroxylation is 1. The molecular formula is C17H17F3N4O3S. The summed E-state index contributed by atoms with van der Waals surface area (Å²) < 4.78 is 71.8. The molecule has 1 aliphatic carbocycles. The Hall–Kier alpha value is -2.27. The van der Waals surface area contributed by atoms with Crippen LogP contribution in [0, 0.1) is 0 Å². The van der Waals surface area contributed by atoms with Crippen LogP contribution in [-0.4, -0.2) is 19.8 Å². The van der Waals surface area contributed by atoms with Gasteiger partial charge in [-0.1, -0.05) is 23.7 Å². The van der Waals surface area contributed by atoms with Gasteiger partial charge in [0, 0.05) is 17.5 Å². The third-order valence-electron chi connectivity index (χ3n) is 4.97. The maximum absolute atomic E-state index is 13.0. The molecule has 150 valence electrons. The minimum atomic E-state index is -4.66. The van der Waals surface area contributed by atoms with Crippen molar-refractivity contribution in [2.75, 3.05) is 0 Å². The van der Waals surface area contributed by atoms with E-state index in [1.165, 1.54) is 0 Å². The van der Waals surface area contributed by atoms with E-state index >= 15 is 0 Å². The van der Waals surface area contributed by atoms with Crippen LogP contribution in [0.25, 0.3) is 0 Å². The van der Waals surface area contributed by atoms with Gasteiger partial charge in [0.05, 0.1) is 11.4 Å². The minimum Gasteiger partial charge on any atom is -0.361 e. The number of fused-ring (bicyclic) bond motifs is 1.